The van der Waals surface area contributed by atoms with Crippen molar-refractivity contribution in [3.8, 4) is 0 Å². The van der Waals surface area contributed by atoms with E-state index in [0.29, 0.717) is 12.2 Å². The summed E-state index contributed by atoms with van der Waals surface area (Å²) in [6.07, 6.45) is 3.90. The lowest BCUT2D eigenvalue weighted by Gasteiger charge is -2.10. The summed E-state index contributed by atoms with van der Waals surface area (Å²) < 4.78 is 13.0. The van der Waals surface area contributed by atoms with E-state index in [4.69, 9.17) is 0 Å². The first-order valence-corrected chi connectivity index (χ1v) is 6.02. The Kier molecular flexibility index (Phi) is 2.84. The number of nitrogens with one attached hydrogen (secondary N) is 2. The monoisotopic (exact) mass is 243 g/mol. The van der Waals surface area contributed by atoms with Gasteiger partial charge in [0.25, 0.3) is 0 Å². The van der Waals surface area contributed by atoms with E-state index in [1.54, 1.807) is 6.20 Å². The van der Waals surface area contributed by atoms with E-state index in [2.05, 4.69) is 33.8 Å². The van der Waals surface area contributed by atoms with E-state index in [1.807, 2.05) is 0 Å². The van der Waals surface area contributed by atoms with Gasteiger partial charge in [-0.3, -0.25) is 4.98 Å². The molecule has 3 rings (SSSR count). The molecule has 4 heteroatoms. The fourth-order valence-electron chi connectivity index (χ4n) is 2.26. The van der Waals surface area contributed by atoms with Crippen LogP contribution in [-0.4, -0.2) is 11.5 Å². The molecule has 2 aromatic rings. The zero-order valence-electron chi connectivity index (χ0n) is 9.91. The Morgan fingerprint density at radius 3 is 3.17 bits per heavy atom. The summed E-state index contributed by atoms with van der Waals surface area (Å²) in [4.78, 5) is 3.82. The summed E-state index contributed by atoms with van der Waals surface area (Å²) >= 11 is 0. The quantitative estimate of drug-likeness (QED) is 0.870. The predicted octanol–water partition coefficient (Wildman–Crippen LogP) is 2.80. The summed E-state index contributed by atoms with van der Waals surface area (Å²) in [5, 5.41) is 6.58. The van der Waals surface area contributed by atoms with Crippen molar-refractivity contribution >= 4 is 11.4 Å². The number of rotatable bonds is 3. The topological polar surface area (TPSA) is 37.0 Å². The highest BCUT2D eigenvalue weighted by atomic mass is 19.1. The maximum Gasteiger partial charge on any atom is 0.143 e. The standard InChI is InChI=1S/C14H14FN3/c15-12-6-13(9-16-8-12)18-7-11-3-1-2-10-4-5-17-14(10)11/h1-3,6,8-9,17-18H,4-5,7H2. The minimum atomic E-state index is -0.323. The lowest BCUT2D eigenvalue weighted by Crippen LogP contribution is -2.03. The average Bonchev–Trinajstić information content (AvgIpc) is 2.85. The Labute approximate surface area is 105 Å². The molecule has 0 fully saturated rings. The minimum Gasteiger partial charge on any atom is -0.384 e. The lowest BCUT2D eigenvalue weighted by atomic mass is 10.1. The molecule has 0 radical (unpaired) electrons. The molecule has 1 aliphatic heterocycles. The molecule has 1 aromatic heterocycles. The number of nitrogens with zero attached hydrogens (tertiary/aromatic N) is 1. The molecule has 2 N–H and O–H groups in total. The Morgan fingerprint density at radius 1 is 1.33 bits per heavy atom. The van der Waals surface area contributed by atoms with Gasteiger partial charge in [-0.05, 0) is 17.5 Å². The second-order valence-electron chi connectivity index (χ2n) is 4.37. The van der Waals surface area contributed by atoms with E-state index >= 15 is 0 Å². The molecule has 0 amide bonds. The molecular weight excluding hydrogens is 229 g/mol. The van der Waals surface area contributed by atoms with Gasteiger partial charge >= 0.3 is 0 Å². The van der Waals surface area contributed by atoms with Crippen LogP contribution in [0, 0.1) is 5.82 Å². The van der Waals surface area contributed by atoms with Crippen LogP contribution in [0.15, 0.2) is 36.7 Å². The van der Waals surface area contributed by atoms with Crippen molar-refractivity contribution in [2.24, 2.45) is 0 Å². The fraction of sp³-hybridized carbons (Fsp3) is 0.214. The molecule has 0 spiro atoms. The van der Waals surface area contributed by atoms with Crippen LogP contribution in [0.5, 0.6) is 0 Å². The van der Waals surface area contributed by atoms with E-state index < -0.39 is 0 Å². The highest BCUT2D eigenvalue weighted by Crippen LogP contribution is 2.26. The van der Waals surface area contributed by atoms with Gasteiger partial charge in [-0.25, -0.2) is 4.39 Å². The zero-order chi connectivity index (χ0) is 12.4. The zero-order valence-corrected chi connectivity index (χ0v) is 9.91. The number of hydrogen-bond acceptors (Lipinski definition) is 3. The Hall–Kier alpha value is -2.10. The first kappa shape index (κ1) is 11.0. The number of halogens is 1. The van der Waals surface area contributed by atoms with E-state index in [-0.39, 0.29) is 5.82 Å². The van der Waals surface area contributed by atoms with Crippen molar-refractivity contribution in [1.29, 1.82) is 0 Å². The number of pyridine rings is 1. The fourth-order valence-corrected chi connectivity index (χ4v) is 2.26. The van der Waals surface area contributed by atoms with Gasteiger partial charge in [0.15, 0.2) is 0 Å². The summed E-state index contributed by atoms with van der Waals surface area (Å²) in [6.45, 7) is 1.66. The van der Waals surface area contributed by atoms with Crippen molar-refractivity contribution in [2.45, 2.75) is 13.0 Å². The molecule has 0 unspecified atom stereocenters. The van der Waals surface area contributed by atoms with Gasteiger partial charge in [-0.2, -0.15) is 0 Å². The molecular formula is C14H14FN3. The van der Waals surface area contributed by atoms with Crippen molar-refractivity contribution in [3.05, 3.63) is 53.6 Å². The van der Waals surface area contributed by atoms with Crippen LogP contribution < -0.4 is 10.6 Å². The van der Waals surface area contributed by atoms with Gasteiger partial charge in [0.05, 0.1) is 18.1 Å². The van der Waals surface area contributed by atoms with Crippen molar-refractivity contribution in [2.75, 3.05) is 17.2 Å². The number of fused-ring (bicyclic) bond motifs is 1. The molecule has 0 bridgehead atoms. The van der Waals surface area contributed by atoms with Crippen molar-refractivity contribution in [3.63, 3.8) is 0 Å². The highest BCUT2D eigenvalue weighted by Gasteiger charge is 2.13. The van der Waals surface area contributed by atoms with Crippen LogP contribution in [0.4, 0.5) is 15.8 Å². The highest BCUT2D eigenvalue weighted by molar-refractivity contribution is 5.62. The van der Waals surface area contributed by atoms with Crippen LogP contribution >= 0.6 is 0 Å². The van der Waals surface area contributed by atoms with E-state index in [1.165, 1.54) is 29.1 Å². The number of para-hydroxylation sites is 1. The van der Waals surface area contributed by atoms with Crippen LogP contribution in [0.2, 0.25) is 0 Å². The second-order valence-corrected chi connectivity index (χ2v) is 4.37. The number of anilines is 2. The molecule has 0 saturated carbocycles. The molecule has 3 nitrogen and oxygen atoms in total. The molecule has 1 aromatic carbocycles. The molecule has 0 saturated heterocycles. The third-order valence-electron chi connectivity index (χ3n) is 3.12. The SMILES string of the molecule is Fc1cncc(NCc2cccc3c2NCC3)c1. The van der Waals surface area contributed by atoms with Gasteiger partial charge in [0.2, 0.25) is 0 Å². The first-order valence-electron chi connectivity index (χ1n) is 6.02. The van der Waals surface area contributed by atoms with Gasteiger partial charge in [-0.1, -0.05) is 18.2 Å². The summed E-state index contributed by atoms with van der Waals surface area (Å²) in [7, 11) is 0. The summed E-state index contributed by atoms with van der Waals surface area (Å²) in [6, 6.07) is 7.73. The average molecular weight is 243 g/mol. The van der Waals surface area contributed by atoms with Gasteiger partial charge in [0, 0.05) is 24.8 Å². The van der Waals surface area contributed by atoms with Gasteiger partial charge < -0.3 is 10.6 Å². The van der Waals surface area contributed by atoms with E-state index in [9.17, 15) is 4.39 Å². The maximum absolute atomic E-state index is 13.0. The smallest absolute Gasteiger partial charge is 0.143 e. The lowest BCUT2D eigenvalue weighted by molar-refractivity contribution is 0.622. The number of aromatic nitrogens is 1. The summed E-state index contributed by atoms with van der Waals surface area (Å²) in [5.74, 6) is -0.323. The minimum absolute atomic E-state index is 0.323. The van der Waals surface area contributed by atoms with Crippen molar-refractivity contribution in [1.82, 2.24) is 4.98 Å². The number of benzene rings is 1. The molecule has 92 valence electrons. The first-order chi connectivity index (χ1) is 8.83. The predicted molar refractivity (Wildman–Crippen MR) is 70.2 cm³/mol. The number of hydrogen-bond donors (Lipinski definition) is 2. The van der Waals surface area contributed by atoms with E-state index in [0.717, 1.165) is 13.0 Å². The van der Waals surface area contributed by atoms with Gasteiger partial charge in [0.1, 0.15) is 5.82 Å². The summed E-state index contributed by atoms with van der Waals surface area (Å²) in [5.41, 5.74) is 4.47. The molecule has 1 aliphatic rings. The molecule has 0 aliphatic carbocycles. The Balaban J connectivity index is 1.76. The van der Waals surface area contributed by atoms with Crippen LogP contribution in [0.25, 0.3) is 0 Å². The third kappa shape index (κ3) is 2.14. The third-order valence-corrected chi connectivity index (χ3v) is 3.12. The molecule has 18 heavy (non-hydrogen) atoms. The largest absolute Gasteiger partial charge is 0.384 e. The maximum atomic E-state index is 13.0. The second kappa shape index (κ2) is 4.64. The van der Waals surface area contributed by atoms with Crippen LogP contribution in [-0.2, 0) is 13.0 Å². The molecule has 0 atom stereocenters. The Morgan fingerprint density at radius 2 is 2.28 bits per heavy atom. The molecule has 2 heterocycles. The Bertz CT molecular complexity index is 569. The van der Waals surface area contributed by atoms with Crippen LogP contribution in [0.3, 0.4) is 0 Å². The van der Waals surface area contributed by atoms with Gasteiger partial charge in [-0.15, -0.1) is 0 Å². The van der Waals surface area contributed by atoms with Crippen molar-refractivity contribution < 1.29 is 4.39 Å². The van der Waals surface area contributed by atoms with Crippen LogP contribution in [0.1, 0.15) is 11.1 Å². The normalized spacial score (nSPS) is 12.9.